The van der Waals surface area contributed by atoms with Gasteiger partial charge < -0.3 is 24.4 Å². The van der Waals surface area contributed by atoms with Crippen molar-refractivity contribution in [2.24, 2.45) is 0 Å². The minimum Gasteiger partial charge on any atom is -0.378 e. The van der Waals surface area contributed by atoms with Crippen molar-refractivity contribution in [3.05, 3.63) is 107 Å². The highest BCUT2D eigenvalue weighted by Gasteiger charge is 2.42. The molecule has 1 N–H and O–H groups in total. The molecule has 0 spiro atoms. The third-order valence-corrected chi connectivity index (χ3v) is 7.63. The largest absolute Gasteiger partial charge is 0.378 e. The first-order valence-electron chi connectivity index (χ1n) is 12.1. The van der Waals surface area contributed by atoms with Gasteiger partial charge in [-0.2, -0.15) is 0 Å². The predicted octanol–water partition coefficient (Wildman–Crippen LogP) is 5.65. The molecule has 0 unspecified atom stereocenters. The third-order valence-electron chi connectivity index (χ3n) is 6.79. The topological polar surface area (TPSA) is 45.6 Å². The summed E-state index contributed by atoms with van der Waals surface area (Å²) in [5, 5.41) is 4.26. The molecular formula is C28H26BrN5OS. The normalized spacial score (nSPS) is 20.0. The molecule has 2 aromatic carbocycles. The molecule has 2 aliphatic heterocycles. The van der Waals surface area contributed by atoms with Crippen molar-refractivity contribution in [2.45, 2.75) is 12.1 Å². The van der Waals surface area contributed by atoms with Gasteiger partial charge >= 0.3 is 0 Å². The molecule has 2 atom stereocenters. The molecule has 2 aromatic heterocycles. The second-order valence-electron chi connectivity index (χ2n) is 8.89. The number of morpholine rings is 1. The molecule has 0 amide bonds. The number of thiocarbonyl (C=S) groups is 1. The Morgan fingerprint density at radius 3 is 2.31 bits per heavy atom. The Labute approximate surface area is 224 Å². The summed E-state index contributed by atoms with van der Waals surface area (Å²) in [7, 11) is 0. The zero-order chi connectivity index (χ0) is 24.5. The molecule has 0 radical (unpaired) electrons. The number of pyridine rings is 1. The lowest BCUT2D eigenvalue weighted by molar-refractivity contribution is 0.122. The van der Waals surface area contributed by atoms with E-state index in [-0.39, 0.29) is 12.1 Å². The highest BCUT2D eigenvalue weighted by atomic mass is 79.9. The lowest BCUT2D eigenvalue weighted by Crippen LogP contribution is -2.36. The Kier molecular flexibility index (Phi) is 6.48. The number of hydrogen-bond donors (Lipinski definition) is 1. The van der Waals surface area contributed by atoms with Crippen molar-refractivity contribution >= 4 is 44.6 Å². The smallest absolute Gasteiger partial charge is 0.174 e. The average Bonchev–Trinajstić information content (AvgIpc) is 3.54. The first-order valence-corrected chi connectivity index (χ1v) is 13.3. The fourth-order valence-electron chi connectivity index (χ4n) is 5.05. The highest BCUT2D eigenvalue weighted by molar-refractivity contribution is 9.10. The van der Waals surface area contributed by atoms with Crippen molar-refractivity contribution in [1.82, 2.24) is 14.9 Å². The number of nitrogens with one attached hydrogen (secondary N) is 1. The standard InChI is InChI=1S/C28H26BrN5OS/c29-20-6-8-22(9-7-20)33-15-3-5-25(33)27-26(24-4-1-2-14-30-24)31-28(36)34(27)23-12-10-21(11-13-23)32-16-18-35-19-17-32/h1-15,26-27H,16-19H2,(H,31,36)/t26-,27-/m1/s1. The van der Waals surface area contributed by atoms with Gasteiger partial charge in [-0.1, -0.05) is 22.0 Å². The summed E-state index contributed by atoms with van der Waals surface area (Å²) in [6.45, 7) is 3.35. The van der Waals surface area contributed by atoms with E-state index in [0.29, 0.717) is 5.11 Å². The van der Waals surface area contributed by atoms with Crippen molar-refractivity contribution in [3.8, 4) is 5.69 Å². The van der Waals surface area contributed by atoms with Crippen molar-refractivity contribution in [3.63, 3.8) is 0 Å². The molecule has 4 heterocycles. The highest BCUT2D eigenvalue weighted by Crippen LogP contribution is 2.42. The van der Waals surface area contributed by atoms with Crippen LogP contribution in [0.2, 0.25) is 0 Å². The summed E-state index contributed by atoms with van der Waals surface area (Å²) in [5.74, 6) is 0. The number of hydrogen-bond acceptors (Lipinski definition) is 4. The Morgan fingerprint density at radius 1 is 0.861 bits per heavy atom. The van der Waals surface area contributed by atoms with Crippen LogP contribution in [0, 0.1) is 0 Å². The Hall–Kier alpha value is -3.20. The minimum atomic E-state index is -0.0956. The van der Waals surface area contributed by atoms with Gasteiger partial charge in [0.2, 0.25) is 0 Å². The third kappa shape index (κ3) is 4.40. The van der Waals surface area contributed by atoms with Crippen molar-refractivity contribution < 1.29 is 4.74 Å². The number of halogens is 1. The summed E-state index contributed by atoms with van der Waals surface area (Å²) in [5.41, 5.74) is 5.45. The van der Waals surface area contributed by atoms with Gasteiger partial charge in [0.25, 0.3) is 0 Å². The molecule has 2 saturated heterocycles. The van der Waals surface area contributed by atoms with Gasteiger partial charge in [-0.15, -0.1) is 0 Å². The quantitative estimate of drug-likeness (QED) is 0.319. The van der Waals surface area contributed by atoms with Gasteiger partial charge in [0, 0.05) is 52.7 Å². The SMILES string of the molecule is S=C1N[C@H](c2ccccn2)[C@@H](c2cccn2-c2ccc(Br)cc2)N1c1ccc(N2CCOCC2)cc1. The first kappa shape index (κ1) is 23.2. The maximum atomic E-state index is 5.93. The van der Waals surface area contributed by atoms with Crippen LogP contribution in [-0.2, 0) is 4.74 Å². The van der Waals surface area contributed by atoms with E-state index in [2.05, 4.69) is 114 Å². The molecule has 0 saturated carbocycles. The van der Waals surface area contributed by atoms with Crippen LogP contribution in [-0.4, -0.2) is 41.0 Å². The molecule has 2 aliphatic rings. The van der Waals surface area contributed by atoms with Gasteiger partial charge in [-0.3, -0.25) is 4.98 Å². The van der Waals surface area contributed by atoms with Crippen molar-refractivity contribution in [1.29, 1.82) is 0 Å². The maximum absolute atomic E-state index is 5.93. The van der Waals surface area contributed by atoms with Gasteiger partial charge in [0.15, 0.2) is 5.11 Å². The Balaban J connectivity index is 1.41. The number of anilines is 2. The van der Waals surface area contributed by atoms with Gasteiger partial charge in [0.05, 0.1) is 24.9 Å². The van der Waals surface area contributed by atoms with Crippen LogP contribution in [0.15, 0.2) is 95.7 Å². The summed E-state index contributed by atoms with van der Waals surface area (Å²) in [4.78, 5) is 9.28. The molecule has 0 bridgehead atoms. The van der Waals surface area contributed by atoms with Crippen LogP contribution in [0.4, 0.5) is 11.4 Å². The fraction of sp³-hybridized carbons (Fsp3) is 0.214. The van der Waals surface area contributed by atoms with Crippen molar-refractivity contribution in [2.75, 3.05) is 36.1 Å². The minimum absolute atomic E-state index is 0.0831. The van der Waals surface area contributed by atoms with Gasteiger partial charge in [0.1, 0.15) is 6.04 Å². The second-order valence-corrected chi connectivity index (χ2v) is 10.2. The van der Waals surface area contributed by atoms with Crippen LogP contribution in [0.25, 0.3) is 5.69 Å². The number of benzene rings is 2. The summed E-state index contributed by atoms with van der Waals surface area (Å²) in [6, 6.07) is 27.2. The zero-order valence-electron chi connectivity index (χ0n) is 19.6. The van der Waals surface area contributed by atoms with E-state index in [1.54, 1.807) is 0 Å². The van der Waals surface area contributed by atoms with E-state index in [0.717, 1.165) is 53.5 Å². The zero-order valence-corrected chi connectivity index (χ0v) is 22.0. The van der Waals surface area contributed by atoms with E-state index in [9.17, 15) is 0 Å². The van der Waals surface area contributed by atoms with E-state index in [1.807, 2.05) is 18.3 Å². The summed E-state index contributed by atoms with van der Waals surface area (Å²) < 4.78 is 8.80. The lowest BCUT2D eigenvalue weighted by atomic mass is 10.0. The number of aromatic nitrogens is 2. The maximum Gasteiger partial charge on any atom is 0.174 e. The first-order chi connectivity index (χ1) is 17.7. The molecule has 6 rings (SSSR count). The molecule has 8 heteroatoms. The monoisotopic (exact) mass is 559 g/mol. The predicted molar refractivity (Wildman–Crippen MR) is 151 cm³/mol. The fourth-order valence-corrected chi connectivity index (χ4v) is 5.66. The molecular weight excluding hydrogens is 534 g/mol. The average molecular weight is 561 g/mol. The van der Waals surface area contributed by atoms with Gasteiger partial charge in [-0.05, 0) is 85.0 Å². The molecule has 0 aliphatic carbocycles. The van der Waals surface area contributed by atoms with E-state index in [1.165, 1.54) is 5.69 Å². The van der Waals surface area contributed by atoms with Crippen LogP contribution in [0.1, 0.15) is 23.5 Å². The summed E-state index contributed by atoms with van der Waals surface area (Å²) in [6.07, 6.45) is 3.94. The van der Waals surface area contributed by atoms with Crippen LogP contribution in [0.3, 0.4) is 0 Å². The second kappa shape index (κ2) is 10.0. The molecule has 36 heavy (non-hydrogen) atoms. The Morgan fingerprint density at radius 2 is 1.58 bits per heavy atom. The van der Waals surface area contributed by atoms with Gasteiger partial charge in [-0.25, -0.2) is 0 Å². The van der Waals surface area contributed by atoms with E-state index >= 15 is 0 Å². The lowest BCUT2D eigenvalue weighted by Gasteiger charge is -2.31. The van der Waals surface area contributed by atoms with Crippen LogP contribution < -0.4 is 15.1 Å². The number of rotatable bonds is 5. The number of nitrogens with zero attached hydrogens (tertiary/aromatic N) is 4. The Bertz CT molecular complexity index is 1340. The van der Waals surface area contributed by atoms with Crippen LogP contribution in [0.5, 0.6) is 0 Å². The summed E-state index contributed by atoms with van der Waals surface area (Å²) >= 11 is 9.48. The molecule has 4 aromatic rings. The van der Waals surface area contributed by atoms with E-state index in [4.69, 9.17) is 17.0 Å². The van der Waals surface area contributed by atoms with E-state index < -0.39 is 0 Å². The van der Waals surface area contributed by atoms with Crippen LogP contribution >= 0.6 is 28.1 Å². The molecule has 182 valence electrons. The number of ether oxygens (including phenoxy) is 1. The molecule has 6 nitrogen and oxygen atoms in total. The molecule has 2 fully saturated rings.